The molecule has 2 fully saturated rings. The fourth-order valence-electron chi connectivity index (χ4n) is 4.08. The van der Waals surface area contributed by atoms with Crippen LogP contribution in [0, 0.1) is 5.92 Å². The zero-order valence-electron chi connectivity index (χ0n) is 17.4. The Kier molecular flexibility index (Phi) is 6.89. The molecule has 0 amide bonds. The molecule has 0 radical (unpaired) electrons. The molecule has 0 aliphatic carbocycles. The first-order chi connectivity index (χ1) is 14.6. The van der Waals surface area contributed by atoms with Crippen LogP contribution in [-0.2, 0) is 6.54 Å². The minimum Gasteiger partial charge on any atom is -0.358 e. The highest BCUT2D eigenvalue weighted by Gasteiger charge is 2.22. The van der Waals surface area contributed by atoms with E-state index in [0.29, 0.717) is 23.5 Å². The summed E-state index contributed by atoms with van der Waals surface area (Å²) in [5.41, 5.74) is 1.11. The Bertz CT molecular complexity index is 868. The summed E-state index contributed by atoms with van der Waals surface area (Å²) in [5, 5.41) is 7.67. The summed E-state index contributed by atoms with van der Waals surface area (Å²) < 4.78 is 0. The van der Waals surface area contributed by atoms with E-state index in [9.17, 15) is 0 Å². The van der Waals surface area contributed by atoms with Gasteiger partial charge in [0.25, 0.3) is 0 Å². The molecule has 160 valence electrons. The molecular weight excluding hydrogens is 416 g/mol. The first kappa shape index (κ1) is 21.1. The molecule has 0 saturated carbocycles. The van der Waals surface area contributed by atoms with Crippen molar-refractivity contribution < 1.29 is 0 Å². The standard InChI is InChI=1S/C22H29ClN6S/c1-16-5-4-12-29(15-16)20-13-19(28-10-2-3-11-28)25-21(26-20)27-22(30)24-14-17-6-8-18(23)9-7-17/h6-9,13,16H,2-5,10-12,14-15H2,1H3,(H2,24,25,26,27,30)/t16-/m1/s1. The lowest BCUT2D eigenvalue weighted by molar-refractivity contribution is 0.444. The topological polar surface area (TPSA) is 56.3 Å². The Labute approximate surface area is 189 Å². The quantitative estimate of drug-likeness (QED) is 0.660. The summed E-state index contributed by atoms with van der Waals surface area (Å²) in [6, 6.07) is 9.86. The first-order valence-electron chi connectivity index (χ1n) is 10.7. The van der Waals surface area contributed by atoms with Gasteiger partial charge in [0, 0.05) is 43.8 Å². The highest BCUT2D eigenvalue weighted by Crippen LogP contribution is 2.27. The van der Waals surface area contributed by atoms with E-state index in [0.717, 1.165) is 48.4 Å². The maximum atomic E-state index is 5.96. The van der Waals surface area contributed by atoms with Gasteiger partial charge in [0.05, 0.1) is 0 Å². The first-order valence-corrected chi connectivity index (χ1v) is 11.5. The van der Waals surface area contributed by atoms with Gasteiger partial charge < -0.3 is 20.4 Å². The largest absolute Gasteiger partial charge is 0.358 e. The van der Waals surface area contributed by atoms with Gasteiger partial charge in [-0.25, -0.2) is 0 Å². The smallest absolute Gasteiger partial charge is 0.232 e. The number of rotatable bonds is 5. The van der Waals surface area contributed by atoms with Crippen molar-refractivity contribution in [2.45, 2.75) is 39.2 Å². The van der Waals surface area contributed by atoms with Crippen molar-refractivity contribution in [1.29, 1.82) is 0 Å². The number of halogens is 1. The third kappa shape index (κ3) is 5.52. The summed E-state index contributed by atoms with van der Waals surface area (Å²) in [4.78, 5) is 14.3. The van der Waals surface area contributed by atoms with Gasteiger partial charge in [-0.2, -0.15) is 9.97 Å². The summed E-state index contributed by atoms with van der Waals surface area (Å²) >= 11 is 11.5. The third-order valence-corrected chi connectivity index (χ3v) is 6.20. The fraction of sp³-hybridized carbons (Fsp3) is 0.500. The number of benzene rings is 1. The van der Waals surface area contributed by atoms with Crippen LogP contribution in [0.25, 0.3) is 0 Å². The minimum atomic E-state index is 0.515. The Balaban J connectivity index is 1.47. The predicted molar refractivity (Wildman–Crippen MR) is 129 cm³/mol. The normalized spacial score (nSPS) is 19.1. The summed E-state index contributed by atoms with van der Waals surface area (Å²) in [7, 11) is 0. The second-order valence-corrected chi connectivity index (χ2v) is 9.07. The molecule has 0 spiro atoms. The van der Waals surface area contributed by atoms with Crippen molar-refractivity contribution in [1.82, 2.24) is 15.3 Å². The Hall–Kier alpha value is -2.12. The van der Waals surface area contributed by atoms with E-state index in [2.05, 4.69) is 33.4 Å². The van der Waals surface area contributed by atoms with Crippen LogP contribution in [0.1, 0.15) is 38.2 Å². The van der Waals surface area contributed by atoms with E-state index in [1.54, 1.807) is 0 Å². The molecule has 2 saturated heterocycles. The monoisotopic (exact) mass is 444 g/mol. The summed E-state index contributed by atoms with van der Waals surface area (Å²) in [5.74, 6) is 3.21. The lowest BCUT2D eigenvalue weighted by Gasteiger charge is -2.32. The molecule has 0 unspecified atom stereocenters. The predicted octanol–water partition coefficient (Wildman–Crippen LogP) is 4.45. The lowest BCUT2D eigenvalue weighted by Crippen LogP contribution is -2.35. The number of anilines is 3. The zero-order valence-corrected chi connectivity index (χ0v) is 19.0. The van der Waals surface area contributed by atoms with Gasteiger partial charge in [-0.3, -0.25) is 0 Å². The molecule has 0 bridgehead atoms. The molecule has 1 atom stereocenters. The molecule has 8 heteroatoms. The van der Waals surface area contributed by atoms with Crippen LogP contribution in [0.4, 0.5) is 17.6 Å². The number of hydrogen-bond acceptors (Lipinski definition) is 5. The van der Waals surface area contributed by atoms with Gasteiger partial charge in [-0.15, -0.1) is 0 Å². The van der Waals surface area contributed by atoms with Crippen molar-refractivity contribution >= 4 is 46.5 Å². The van der Waals surface area contributed by atoms with E-state index in [-0.39, 0.29) is 0 Å². The van der Waals surface area contributed by atoms with Crippen LogP contribution in [0.15, 0.2) is 30.3 Å². The van der Waals surface area contributed by atoms with E-state index < -0.39 is 0 Å². The highest BCUT2D eigenvalue weighted by molar-refractivity contribution is 7.80. The zero-order chi connectivity index (χ0) is 20.9. The van der Waals surface area contributed by atoms with E-state index in [1.165, 1.54) is 25.7 Å². The Morgan fingerprint density at radius 3 is 2.43 bits per heavy atom. The second-order valence-electron chi connectivity index (χ2n) is 8.23. The molecule has 2 aromatic rings. The van der Waals surface area contributed by atoms with Crippen molar-refractivity contribution in [2.75, 3.05) is 41.3 Å². The maximum absolute atomic E-state index is 5.96. The molecule has 6 nitrogen and oxygen atoms in total. The molecule has 2 aliphatic heterocycles. The number of nitrogens with one attached hydrogen (secondary N) is 2. The van der Waals surface area contributed by atoms with Crippen LogP contribution in [0.3, 0.4) is 0 Å². The number of aromatic nitrogens is 2. The van der Waals surface area contributed by atoms with E-state index in [1.807, 2.05) is 24.3 Å². The average molecular weight is 445 g/mol. The lowest BCUT2D eigenvalue weighted by atomic mass is 10.0. The van der Waals surface area contributed by atoms with Gasteiger partial charge >= 0.3 is 0 Å². The van der Waals surface area contributed by atoms with Crippen molar-refractivity contribution in [2.24, 2.45) is 5.92 Å². The van der Waals surface area contributed by atoms with Crippen LogP contribution in [-0.4, -0.2) is 41.3 Å². The average Bonchev–Trinajstić information content (AvgIpc) is 3.28. The summed E-state index contributed by atoms with van der Waals surface area (Å²) in [6.45, 7) is 7.10. The molecule has 30 heavy (non-hydrogen) atoms. The van der Waals surface area contributed by atoms with Gasteiger partial charge in [0.1, 0.15) is 11.6 Å². The molecule has 2 N–H and O–H groups in total. The van der Waals surface area contributed by atoms with Crippen molar-refractivity contribution in [3.8, 4) is 0 Å². The number of thiocarbonyl (C=S) groups is 1. The Morgan fingerprint density at radius 2 is 1.73 bits per heavy atom. The van der Waals surface area contributed by atoms with Crippen molar-refractivity contribution in [3.63, 3.8) is 0 Å². The van der Waals surface area contributed by atoms with Crippen LogP contribution in [0.5, 0.6) is 0 Å². The Morgan fingerprint density at radius 1 is 1.07 bits per heavy atom. The van der Waals surface area contributed by atoms with Gasteiger partial charge in [-0.1, -0.05) is 30.7 Å². The van der Waals surface area contributed by atoms with Gasteiger partial charge in [-0.05, 0) is 61.5 Å². The van der Waals surface area contributed by atoms with Crippen LogP contribution < -0.4 is 20.4 Å². The van der Waals surface area contributed by atoms with E-state index in [4.69, 9.17) is 33.8 Å². The summed E-state index contributed by atoms with van der Waals surface area (Å²) in [6.07, 6.45) is 4.91. The fourth-order valence-corrected chi connectivity index (χ4v) is 4.37. The molecule has 1 aromatic carbocycles. The van der Waals surface area contributed by atoms with Crippen LogP contribution >= 0.6 is 23.8 Å². The van der Waals surface area contributed by atoms with Crippen molar-refractivity contribution in [3.05, 3.63) is 40.9 Å². The second kappa shape index (κ2) is 9.79. The minimum absolute atomic E-state index is 0.515. The van der Waals surface area contributed by atoms with Gasteiger partial charge in [0.2, 0.25) is 5.95 Å². The molecule has 3 heterocycles. The molecular formula is C22H29ClN6S. The SMILES string of the molecule is C[C@@H]1CCCN(c2cc(N3CCCC3)nc(NC(=S)NCc3ccc(Cl)cc3)n2)C1. The number of piperidine rings is 1. The molecule has 2 aliphatic rings. The maximum Gasteiger partial charge on any atom is 0.232 e. The van der Waals surface area contributed by atoms with E-state index >= 15 is 0 Å². The molecule has 1 aromatic heterocycles. The number of nitrogens with zero attached hydrogens (tertiary/aromatic N) is 4. The van der Waals surface area contributed by atoms with Crippen LogP contribution in [0.2, 0.25) is 5.02 Å². The number of hydrogen-bond donors (Lipinski definition) is 2. The third-order valence-electron chi connectivity index (χ3n) is 5.70. The van der Waals surface area contributed by atoms with Gasteiger partial charge in [0.15, 0.2) is 5.11 Å². The highest BCUT2D eigenvalue weighted by atomic mass is 35.5. The molecule has 4 rings (SSSR count).